The molecule has 1 aliphatic rings. The van der Waals surface area contributed by atoms with Gasteiger partial charge in [-0.2, -0.15) is 0 Å². The SMILES string of the molecule is O=C(O)CCNC(=O)N1C=CC=NC1. The highest BCUT2D eigenvalue weighted by Gasteiger charge is 2.10. The average Bonchev–Trinajstić information content (AvgIpc) is 2.18. The summed E-state index contributed by atoms with van der Waals surface area (Å²) in [4.78, 5) is 26.7. The third-order valence-corrected chi connectivity index (χ3v) is 1.57. The molecular weight excluding hydrogens is 186 g/mol. The van der Waals surface area contributed by atoms with Crippen molar-refractivity contribution < 1.29 is 14.7 Å². The van der Waals surface area contributed by atoms with Gasteiger partial charge in [0.25, 0.3) is 0 Å². The van der Waals surface area contributed by atoms with Gasteiger partial charge in [0.15, 0.2) is 0 Å². The van der Waals surface area contributed by atoms with Crippen LogP contribution >= 0.6 is 0 Å². The maximum absolute atomic E-state index is 11.3. The van der Waals surface area contributed by atoms with E-state index >= 15 is 0 Å². The summed E-state index contributed by atoms with van der Waals surface area (Å²) in [6.45, 7) is 0.400. The Bertz CT molecular complexity index is 286. The second kappa shape index (κ2) is 5.00. The van der Waals surface area contributed by atoms with Crippen LogP contribution in [-0.4, -0.2) is 41.4 Å². The Labute approximate surface area is 80.9 Å². The van der Waals surface area contributed by atoms with Gasteiger partial charge < -0.3 is 10.4 Å². The monoisotopic (exact) mass is 197 g/mol. The molecule has 0 aromatic rings. The molecule has 6 nitrogen and oxygen atoms in total. The highest BCUT2D eigenvalue weighted by molar-refractivity contribution is 5.79. The summed E-state index contributed by atoms with van der Waals surface area (Å²) in [5, 5.41) is 10.8. The van der Waals surface area contributed by atoms with Crippen molar-refractivity contribution in [3.05, 3.63) is 12.3 Å². The zero-order chi connectivity index (χ0) is 10.4. The van der Waals surface area contributed by atoms with Crippen molar-refractivity contribution >= 4 is 18.2 Å². The number of carboxylic acids is 1. The summed E-state index contributed by atoms with van der Waals surface area (Å²) in [6, 6.07) is -0.334. The molecule has 2 amide bonds. The molecule has 14 heavy (non-hydrogen) atoms. The Kier molecular flexibility index (Phi) is 3.66. The number of carboxylic acid groups (broad SMARTS) is 1. The summed E-state index contributed by atoms with van der Waals surface area (Å²) in [5.41, 5.74) is 0. The van der Waals surface area contributed by atoms with Crippen LogP contribution in [0.4, 0.5) is 4.79 Å². The number of aliphatic imine (C=N–C) groups is 1. The first-order chi connectivity index (χ1) is 6.70. The van der Waals surface area contributed by atoms with E-state index in [-0.39, 0.29) is 25.7 Å². The van der Waals surface area contributed by atoms with Crippen molar-refractivity contribution in [1.82, 2.24) is 10.2 Å². The van der Waals surface area contributed by atoms with Gasteiger partial charge >= 0.3 is 12.0 Å². The first-order valence-electron chi connectivity index (χ1n) is 4.13. The minimum absolute atomic E-state index is 0.0768. The lowest BCUT2D eigenvalue weighted by Gasteiger charge is -2.17. The third kappa shape index (κ3) is 3.26. The number of amides is 2. The minimum Gasteiger partial charge on any atom is -0.481 e. The normalized spacial score (nSPS) is 14.1. The molecule has 0 saturated heterocycles. The molecule has 0 aliphatic carbocycles. The second-order valence-electron chi connectivity index (χ2n) is 2.66. The number of urea groups is 1. The van der Waals surface area contributed by atoms with Crippen LogP contribution in [0.2, 0.25) is 0 Å². The number of nitrogens with one attached hydrogen (secondary N) is 1. The van der Waals surface area contributed by atoms with Crippen LogP contribution in [0, 0.1) is 0 Å². The molecule has 0 aromatic carbocycles. The Morgan fingerprint density at radius 3 is 2.93 bits per heavy atom. The number of nitrogens with zero attached hydrogens (tertiary/aromatic N) is 2. The van der Waals surface area contributed by atoms with Gasteiger partial charge in [-0.15, -0.1) is 0 Å². The summed E-state index contributed by atoms with van der Waals surface area (Å²) < 4.78 is 0. The number of carbonyl (C=O) groups excluding carboxylic acids is 1. The van der Waals surface area contributed by atoms with Gasteiger partial charge in [0.2, 0.25) is 0 Å². The van der Waals surface area contributed by atoms with Gasteiger partial charge in [-0.05, 0) is 6.08 Å². The molecule has 1 rings (SSSR count). The molecule has 0 aromatic heterocycles. The van der Waals surface area contributed by atoms with E-state index in [0.717, 1.165) is 0 Å². The van der Waals surface area contributed by atoms with Crippen molar-refractivity contribution in [3.8, 4) is 0 Å². The summed E-state index contributed by atoms with van der Waals surface area (Å²) in [7, 11) is 0. The fourth-order valence-corrected chi connectivity index (χ4v) is 0.895. The molecule has 0 fully saturated rings. The zero-order valence-electron chi connectivity index (χ0n) is 7.51. The maximum atomic E-state index is 11.3. The maximum Gasteiger partial charge on any atom is 0.322 e. The predicted octanol–water partition coefficient (Wildman–Crippen LogP) is 0.0283. The lowest BCUT2D eigenvalue weighted by molar-refractivity contribution is -0.136. The highest BCUT2D eigenvalue weighted by Crippen LogP contribution is 1.95. The van der Waals surface area contributed by atoms with Crippen LogP contribution in [-0.2, 0) is 4.79 Å². The quantitative estimate of drug-likeness (QED) is 0.669. The van der Waals surface area contributed by atoms with E-state index in [0.29, 0.717) is 0 Å². The van der Waals surface area contributed by atoms with E-state index in [1.54, 1.807) is 18.5 Å². The van der Waals surface area contributed by atoms with Crippen LogP contribution in [0.15, 0.2) is 17.3 Å². The summed E-state index contributed by atoms with van der Waals surface area (Å²) in [6.07, 6.45) is 4.75. The average molecular weight is 197 g/mol. The van der Waals surface area contributed by atoms with Crippen LogP contribution in [0.25, 0.3) is 0 Å². The molecule has 0 unspecified atom stereocenters. The number of hydrogen-bond donors (Lipinski definition) is 2. The standard InChI is InChI=1S/C8H11N3O3/c12-7(13)2-4-10-8(14)11-5-1-3-9-6-11/h1,3,5H,2,4,6H2,(H,10,14)(H,12,13). The first-order valence-corrected chi connectivity index (χ1v) is 4.13. The fraction of sp³-hybridized carbons (Fsp3) is 0.375. The van der Waals surface area contributed by atoms with Crippen LogP contribution < -0.4 is 5.32 Å². The minimum atomic E-state index is -0.933. The van der Waals surface area contributed by atoms with Gasteiger partial charge in [0.05, 0.1) is 6.42 Å². The topological polar surface area (TPSA) is 82.0 Å². The van der Waals surface area contributed by atoms with Crippen molar-refractivity contribution in [2.24, 2.45) is 4.99 Å². The Morgan fingerprint density at radius 2 is 2.36 bits per heavy atom. The van der Waals surface area contributed by atoms with Gasteiger partial charge in [-0.1, -0.05) is 0 Å². The van der Waals surface area contributed by atoms with E-state index in [2.05, 4.69) is 10.3 Å². The van der Waals surface area contributed by atoms with Gasteiger partial charge in [-0.3, -0.25) is 14.7 Å². The Hall–Kier alpha value is -1.85. The molecule has 0 saturated carbocycles. The van der Waals surface area contributed by atoms with E-state index in [1.807, 2.05) is 0 Å². The van der Waals surface area contributed by atoms with E-state index in [4.69, 9.17) is 5.11 Å². The predicted molar refractivity (Wildman–Crippen MR) is 50.0 cm³/mol. The number of allylic oxidation sites excluding steroid dienone is 1. The number of rotatable bonds is 3. The number of hydrogen-bond acceptors (Lipinski definition) is 3. The van der Waals surface area contributed by atoms with Gasteiger partial charge in [0.1, 0.15) is 6.67 Å². The largest absolute Gasteiger partial charge is 0.481 e. The van der Waals surface area contributed by atoms with Crippen molar-refractivity contribution in [2.45, 2.75) is 6.42 Å². The van der Waals surface area contributed by atoms with Crippen LogP contribution in [0.1, 0.15) is 6.42 Å². The zero-order valence-corrected chi connectivity index (χ0v) is 7.51. The number of carbonyl (C=O) groups is 2. The molecule has 0 bridgehead atoms. The second-order valence-corrected chi connectivity index (χ2v) is 2.66. The van der Waals surface area contributed by atoms with Crippen molar-refractivity contribution in [2.75, 3.05) is 13.2 Å². The van der Waals surface area contributed by atoms with Gasteiger partial charge in [0, 0.05) is 19.0 Å². The molecule has 6 heteroatoms. The summed E-state index contributed by atoms with van der Waals surface area (Å²) in [5.74, 6) is -0.933. The number of aliphatic carboxylic acids is 1. The van der Waals surface area contributed by atoms with E-state index < -0.39 is 5.97 Å². The van der Waals surface area contributed by atoms with Crippen LogP contribution in [0.3, 0.4) is 0 Å². The Morgan fingerprint density at radius 1 is 1.57 bits per heavy atom. The third-order valence-electron chi connectivity index (χ3n) is 1.57. The molecular formula is C8H11N3O3. The lowest BCUT2D eigenvalue weighted by Crippen LogP contribution is -2.38. The first kappa shape index (κ1) is 10.2. The summed E-state index contributed by atoms with van der Waals surface area (Å²) >= 11 is 0. The molecule has 1 heterocycles. The van der Waals surface area contributed by atoms with E-state index in [1.165, 1.54) is 4.90 Å². The smallest absolute Gasteiger partial charge is 0.322 e. The molecule has 0 atom stereocenters. The molecule has 1 aliphatic heterocycles. The van der Waals surface area contributed by atoms with Crippen LogP contribution in [0.5, 0.6) is 0 Å². The molecule has 76 valence electrons. The molecule has 0 radical (unpaired) electrons. The van der Waals surface area contributed by atoms with Gasteiger partial charge in [-0.25, -0.2) is 4.79 Å². The lowest BCUT2D eigenvalue weighted by atomic mass is 10.4. The van der Waals surface area contributed by atoms with E-state index in [9.17, 15) is 9.59 Å². The van der Waals surface area contributed by atoms with Crippen molar-refractivity contribution in [3.63, 3.8) is 0 Å². The fourth-order valence-electron chi connectivity index (χ4n) is 0.895. The van der Waals surface area contributed by atoms with Crippen molar-refractivity contribution in [1.29, 1.82) is 0 Å². The Balaban J connectivity index is 2.25. The highest BCUT2D eigenvalue weighted by atomic mass is 16.4. The molecule has 0 spiro atoms. The molecule has 2 N–H and O–H groups in total.